The summed E-state index contributed by atoms with van der Waals surface area (Å²) in [7, 11) is 0. The van der Waals surface area contributed by atoms with Crippen molar-refractivity contribution in [3.8, 4) is 0 Å². The number of carbonyl (C=O) groups is 1. The van der Waals surface area contributed by atoms with E-state index in [1.807, 2.05) is 31.3 Å². The molecule has 8 heteroatoms. The summed E-state index contributed by atoms with van der Waals surface area (Å²) < 4.78 is 27.2. The van der Waals surface area contributed by atoms with Gasteiger partial charge in [0, 0.05) is 38.8 Å². The number of nitrogens with one attached hydrogen (secondary N) is 1. The number of imidazole rings is 1. The van der Waals surface area contributed by atoms with E-state index in [0.717, 1.165) is 30.0 Å². The maximum absolute atomic E-state index is 13.1. The third-order valence-corrected chi connectivity index (χ3v) is 6.31. The van der Waals surface area contributed by atoms with Gasteiger partial charge in [0.05, 0.1) is 24.6 Å². The molecule has 0 aliphatic carbocycles. The first-order valence-corrected chi connectivity index (χ1v) is 10.9. The zero-order valence-corrected chi connectivity index (χ0v) is 18.1. The maximum Gasteiger partial charge on any atom is 0.249 e. The lowest BCUT2D eigenvalue weighted by atomic mass is 9.97. The molecule has 1 spiro atoms. The van der Waals surface area contributed by atoms with Crippen LogP contribution < -0.4 is 5.32 Å². The number of amides is 1. The van der Waals surface area contributed by atoms with Crippen LogP contribution in [0.4, 0.5) is 4.39 Å². The van der Waals surface area contributed by atoms with Gasteiger partial charge in [0.15, 0.2) is 0 Å². The molecule has 0 radical (unpaired) electrons. The van der Waals surface area contributed by atoms with E-state index in [-0.39, 0.29) is 11.7 Å². The van der Waals surface area contributed by atoms with E-state index in [1.54, 1.807) is 12.1 Å². The molecule has 0 saturated carbocycles. The van der Waals surface area contributed by atoms with Gasteiger partial charge in [-0.3, -0.25) is 9.69 Å². The molecule has 168 valence electrons. The van der Waals surface area contributed by atoms with Gasteiger partial charge < -0.3 is 19.2 Å². The van der Waals surface area contributed by atoms with Gasteiger partial charge in [0.2, 0.25) is 5.91 Å². The van der Waals surface area contributed by atoms with Crippen LogP contribution in [0.3, 0.4) is 0 Å². The molecule has 1 aromatic carbocycles. The molecule has 3 aromatic rings. The zero-order chi connectivity index (χ0) is 22.1. The van der Waals surface area contributed by atoms with Crippen molar-refractivity contribution in [3.63, 3.8) is 0 Å². The number of nitrogens with zero attached hydrogens (tertiary/aromatic N) is 3. The molecule has 2 aromatic heterocycles. The molecule has 2 atom stereocenters. The highest BCUT2D eigenvalue weighted by Crippen LogP contribution is 2.32. The van der Waals surface area contributed by atoms with Crippen molar-refractivity contribution >= 4 is 11.6 Å². The third kappa shape index (κ3) is 4.26. The molecule has 4 heterocycles. The smallest absolute Gasteiger partial charge is 0.249 e. The number of fused-ring (bicyclic) bond motifs is 1. The monoisotopic (exact) mass is 438 g/mol. The van der Waals surface area contributed by atoms with Crippen LogP contribution in [0.1, 0.15) is 23.4 Å². The summed E-state index contributed by atoms with van der Waals surface area (Å²) in [5.41, 5.74) is 3.51. The van der Waals surface area contributed by atoms with Gasteiger partial charge in [-0.2, -0.15) is 0 Å². The number of rotatable bonds is 5. The van der Waals surface area contributed by atoms with E-state index in [0.29, 0.717) is 32.7 Å². The van der Waals surface area contributed by atoms with Crippen LogP contribution in [0.2, 0.25) is 0 Å². The Bertz CT molecular complexity index is 1120. The minimum atomic E-state index is -0.548. The van der Waals surface area contributed by atoms with Crippen molar-refractivity contribution in [2.45, 2.75) is 38.1 Å². The predicted octanol–water partition coefficient (Wildman–Crippen LogP) is 2.46. The number of halogens is 1. The van der Waals surface area contributed by atoms with Crippen molar-refractivity contribution in [1.82, 2.24) is 19.6 Å². The summed E-state index contributed by atoms with van der Waals surface area (Å²) in [5, 5.41) is 2.89. The van der Waals surface area contributed by atoms with Gasteiger partial charge in [0.1, 0.15) is 23.2 Å². The SMILES string of the molecule is Cc1nc2ccccn2c1CN1CCOC2(COC(C(=O)NCc3ccc(F)cc3)C2)C1. The van der Waals surface area contributed by atoms with E-state index in [9.17, 15) is 9.18 Å². The Morgan fingerprint density at radius 1 is 1.28 bits per heavy atom. The highest BCUT2D eigenvalue weighted by molar-refractivity contribution is 5.81. The molecule has 2 aliphatic heterocycles. The Morgan fingerprint density at radius 3 is 2.97 bits per heavy atom. The Morgan fingerprint density at radius 2 is 2.12 bits per heavy atom. The van der Waals surface area contributed by atoms with Crippen molar-refractivity contribution in [1.29, 1.82) is 0 Å². The standard InChI is InChI=1S/C24H27FN4O3/c1-17-20(29-9-3-2-4-22(29)27-17)14-28-10-11-32-24(15-28)12-21(31-16-24)23(30)26-13-18-5-7-19(25)8-6-18/h2-9,21H,10-16H2,1H3,(H,26,30). The molecule has 1 amide bonds. The first kappa shape index (κ1) is 21.1. The number of aryl methyl sites for hydroxylation is 1. The Hall–Kier alpha value is -2.81. The number of carbonyl (C=O) groups excluding carboxylic acids is 1. The Balaban J connectivity index is 1.20. The van der Waals surface area contributed by atoms with Gasteiger partial charge in [0.25, 0.3) is 0 Å². The van der Waals surface area contributed by atoms with Gasteiger partial charge in [-0.05, 0) is 36.8 Å². The molecule has 2 fully saturated rings. The van der Waals surface area contributed by atoms with Crippen LogP contribution in [0, 0.1) is 12.7 Å². The van der Waals surface area contributed by atoms with Crippen LogP contribution in [-0.2, 0) is 27.4 Å². The molecule has 2 aliphatic rings. The third-order valence-electron chi connectivity index (χ3n) is 6.31. The fourth-order valence-corrected chi connectivity index (χ4v) is 4.62. The molecule has 5 rings (SSSR count). The van der Waals surface area contributed by atoms with E-state index < -0.39 is 11.7 Å². The first-order chi connectivity index (χ1) is 15.5. The molecule has 7 nitrogen and oxygen atoms in total. The predicted molar refractivity (Wildman–Crippen MR) is 116 cm³/mol. The molecular weight excluding hydrogens is 411 g/mol. The van der Waals surface area contributed by atoms with Gasteiger partial charge in [-0.1, -0.05) is 18.2 Å². The summed E-state index contributed by atoms with van der Waals surface area (Å²) >= 11 is 0. The van der Waals surface area contributed by atoms with E-state index in [1.165, 1.54) is 17.8 Å². The average molecular weight is 439 g/mol. The van der Waals surface area contributed by atoms with Crippen LogP contribution >= 0.6 is 0 Å². The number of benzene rings is 1. The van der Waals surface area contributed by atoms with Gasteiger partial charge >= 0.3 is 0 Å². The second-order valence-electron chi connectivity index (χ2n) is 8.66. The lowest BCUT2D eigenvalue weighted by Gasteiger charge is -2.39. The second-order valence-corrected chi connectivity index (χ2v) is 8.66. The number of pyridine rings is 1. The summed E-state index contributed by atoms with van der Waals surface area (Å²) in [6.07, 6.45) is 2.01. The minimum Gasteiger partial charge on any atom is -0.370 e. The van der Waals surface area contributed by atoms with Crippen molar-refractivity contribution < 1.29 is 18.7 Å². The summed E-state index contributed by atoms with van der Waals surface area (Å²) in [4.78, 5) is 19.7. The first-order valence-electron chi connectivity index (χ1n) is 10.9. The Kier molecular flexibility index (Phi) is 5.67. The van der Waals surface area contributed by atoms with E-state index in [2.05, 4.69) is 19.6 Å². The van der Waals surface area contributed by atoms with Gasteiger partial charge in [-0.15, -0.1) is 0 Å². The number of aromatic nitrogens is 2. The van der Waals surface area contributed by atoms with Crippen LogP contribution in [0.15, 0.2) is 48.7 Å². The lowest BCUT2D eigenvalue weighted by molar-refractivity contribution is -0.130. The topological polar surface area (TPSA) is 68.1 Å². The number of hydrogen-bond donors (Lipinski definition) is 1. The average Bonchev–Trinajstić information content (AvgIpc) is 3.34. The summed E-state index contributed by atoms with van der Waals surface area (Å²) in [5.74, 6) is -0.455. The number of ether oxygens (including phenoxy) is 2. The number of morpholine rings is 1. The van der Waals surface area contributed by atoms with Crippen molar-refractivity contribution in [2.24, 2.45) is 0 Å². The van der Waals surface area contributed by atoms with Gasteiger partial charge in [-0.25, -0.2) is 9.37 Å². The zero-order valence-electron chi connectivity index (χ0n) is 18.1. The highest BCUT2D eigenvalue weighted by atomic mass is 19.1. The maximum atomic E-state index is 13.1. The Labute approximate surface area is 186 Å². The fourth-order valence-electron chi connectivity index (χ4n) is 4.62. The van der Waals surface area contributed by atoms with E-state index >= 15 is 0 Å². The van der Waals surface area contributed by atoms with E-state index in [4.69, 9.17) is 9.47 Å². The molecular formula is C24H27FN4O3. The summed E-state index contributed by atoms with van der Waals surface area (Å²) in [6, 6.07) is 12.1. The normalized spacial score (nSPS) is 23.8. The molecule has 1 N–H and O–H groups in total. The van der Waals surface area contributed by atoms with Crippen molar-refractivity contribution in [2.75, 3.05) is 26.3 Å². The van der Waals surface area contributed by atoms with Crippen LogP contribution in [0.5, 0.6) is 0 Å². The minimum absolute atomic E-state index is 0.162. The molecule has 32 heavy (non-hydrogen) atoms. The van der Waals surface area contributed by atoms with Crippen LogP contribution in [0.25, 0.3) is 5.65 Å². The highest BCUT2D eigenvalue weighted by Gasteiger charge is 2.46. The molecule has 2 unspecified atom stereocenters. The molecule has 2 saturated heterocycles. The second kappa shape index (κ2) is 8.61. The van der Waals surface area contributed by atoms with Crippen molar-refractivity contribution in [3.05, 3.63) is 71.4 Å². The summed E-state index contributed by atoms with van der Waals surface area (Å²) in [6.45, 7) is 5.67. The van der Waals surface area contributed by atoms with Crippen LogP contribution in [-0.4, -0.2) is 58.2 Å². The fraction of sp³-hybridized carbons (Fsp3) is 0.417. The quantitative estimate of drug-likeness (QED) is 0.663. The largest absolute Gasteiger partial charge is 0.370 e. The molecule has 0 bridgehead atoms. The lowest BCUT2D eigenvalue weighted by Crippen LogP contribution is -2.52. The number of hydrogen-bond acceptors (Lipinski definition) is 5.